The zero-order valence-corrected chi connectivity index (χ0v) is 47.6. The van der Waals surface area contributed by atoms with Crippen LogP contribution in [0.25, 0.3) is 0 Å². The van der Waals surface area contributed by atoms with Crippen LogP contribution < -0.4 is 0 Å². The number of allylic oxidation sites excluding steroid dienone is 18. The number of rotatable bonds is 54. The Kier molecular flexibility index (Phi) is 57.4. The highest BCUT2D eigenvalue weighted by Gasteiger charge is 2.19. The van der Waals surface area contributed by atoms with Crippen LogP contribution in [0.4, 0.5) is 0 Å². The fourth-order valence-electron chi connectivity index (χ4n) is 8.26. The average molecular weight is 1010 g/mol. The van der Waals surface area contributed by atoms with E-state index in [2.05, 4.69) is 130 Å². The molecule has 0 amide bonds. The minimum Gasteiger partial charge on any atom is -0.462 e. The molecule has 0 aromatic rings. The Bertz CT molecular complexity index is 1490. The van der Waals surface area contributed by atoms with E-state index in [-0.39, 0.29) is 31.1 Å². The first kappa shape index (κ1) is 69.1. The molecular formula is C67H112O6. The minimum absolute atomic E-state index is 0.0781. The van der Waals surface area contributed by atoms with Crippen LogP contribution in [0.5, 0.6) is 0 Å². The van der Waals surface area contributed by atoms with Crippen molar-refractivity contribution in [3.8, 4) is 0 Å². The maximum atomic E-state index is 12.8. The molecule has 0 saturated carbocycles. The van der Waals surface area contributed by atoms with Gasteiger partial charge in [-0.15, -0.1) is 0 Å². The van der Waals surface area contributed by atoms with Gasteiger partial charge in [-0.2, -0.15) is 0 Å². The SMILES string of the molecule is CC/C=C\C/C=C\C/C=C\C/C=C\C/C=C\C/C=C\C/C=C\C/C=C\C/C=C\CCCCCCCCCC(=O)OCC(COC(=O)CCCCCCCCCC)OC(=O)CCCCCCCCCCCCCC. The second-order valence-corrected chi connectivity index (χ2v) is 19.9. The lowest BCUT2D eigenvalue weighted by Gasteiger charge is -2.18. The Labute approximate surface area is 450 Å². The first-order valence-electron chi connectivity index (χ1n) is 30.4. The fourth-order valence-corrected chi connectivity index (χ4v) is 8.26. The van der Waals surface area contributed by atoms with Crippen molar-refractivity contribution in [3.05, 3.63) is 109 Å². The summed E-state index contributed by atoms with van der Waals surface area (Å²) < 4.78 is 16.8. The van der Waals surface area contributed by atoms with E-state index in [1.165, 1.54) is 116 Å². The molecule has 0 aromatic heterocycles. The summed E-state index contributed by atoms with van der Waals surface area (Å²) in [7, 11) is 0. The van der Waals surface area contributed by atoms with E-state index >= 15 is 0 Å². The number of esters is 3. The molecule has 6 nitrogen and oxygen atoms in total. The lowest BCUT2D eigenvalue weighted by atomic mass is 10.0. The third-order valence-corrected chi connectivity index (χ3v) is 12.8. The van der Waals surface area contributed by atoms with Gasteiger partial charge in [-0.25, -0.2) is 0 Å². The second kappa shape index (κ2) is 60.6. The van der Waals surface area contributed by atoms with Crippen LogP contribution in [0.15, 0.2) is 109 Å². The van der Waals surface area contributed by atoms with Gasteiger partial charge in [-0.05, 0) is 89.9 Å². The summed E-state index contributed by atoms with van der Waals surface area (Å²) in [6.45, 7) is 6.49. The summed E-state index contributed by atoms with van der Waals surface area (Å²) in [5.41, 5.74) is 0. The van der Waals surface area contributed by atoms with Crippen molar-refractivity contribution in [1.29, 1.82) is 0 Å². The molecule has 0 saturated heterocycles. The second-order valence-electron chi connectivity index (χ2n) is 19.9. The summed E-state index contributed by atoms with van der Waals surface area (Å²) in [5.74, 6) is -0.891. The maximum absolute atomic E-state index is 12.8. The summed E-state index contributed by atoms with van der Waals surface area (Å²) >= 11 is 0. The van der Waals surface area contributed by atoms with E-state index in [1.54, 1.807) is 0 Å². The van der Waals surface area contributed by atoms with E-state index in [4.69, 9.17) is 14.2 Å². The molecule has 0 aliphatic carbocycles. The van der Waals surface area contributed by atoms with Gasteiger partial charge in [-0.1, -0.05) is 278 Å². The number of hydrogen-bond acceptors (Lipinski definition) is 6. The van der Waals surface area contributed by atoms with Crippen molar-refractivity contribution in [2.24, 2.45) is 0 Å². The zero-order valence-electron chi connectivity index (χ0n) is 47.6. The quantitative estimate of drug-likeness (QED) is 0.0261. The highest BCUT2D eigenvalue weighted by molar-refractivity contribution is 5.71. The fraction of sp³-hybridized carbons (Fsp3) is 0.687. The van der Waals surface area contributed by atoms with Crippen LogP contribution in [0, 0.1) is 0 Å². The van der Waals surface area contributed by atoms with Gasteiger partial charge in [0.25, 0.3) is 0 Å². The summed E-state index contributed by atoms with van der Waals surface area (Å²) in [5, 5.41) is 0. The first-order chi connectivity index (χ1) is 36.0. The maximum Gasteiger partial charge on any atom is 0.306 e. The van der Waals surface area contributed by atoms with Crippen LogP contribution in [0.2, 0.25) is 0 Å². The third-order valence-electron chi connectivity index (χ3n) is 12.8. The molecule has 416 valence electrons. The summed E-state index contributed by atoms with van der Waals surface area (Å²) in [6, 6.07) is 0. The van der Waals surface area contributed by atoms with Crippen molar-refractivity contribution in [1.82, 2.24) is 0 Å². The molecule has 0 heterocycles. The number of ether oxygens (including phenoxy) is 3. The van der Waals surface area contributed by atoms with Crippen molar-refractivity contribution < 1.29 is 28.6 Å². The molecule has 0 fully saturated rings. The van der Waals surface area contributed by atoms with Gasteiger partial charge in [0.1, 0.15) is 13.2 Å². The Morgan fingerprint density at radius 1 is 0.288 bits per heavy atom. The van der Waals surface area contributed by atoms with Gasteiger partial charge in [0.05, 0.1) is 0 Å². The topological polar surface area (TPSA) is 78.9 Å². The van der Waals surface area contributed by atoms with Crippen LogP contribution in [0.3, 0.4) is 0 Å². The van der Waals surface area contributed by atoms with Crippen molar-refractivity contribution in [3.63, 3.8) is 0 Å². The van der Waals surface area contributed by atoms with Crippen molar-refractivity contribution in [2.45, 2.75) is 284 Å². The molecule has 1 unspecified atom stereocenters. The predicted octanol–water partition coefficient (Wildman–Crippen LogP) is 20.7. The summed E-state index contributed by atoms with van der Waals surface area (Å²) in [6.07, 6.45) is 82.5. The van der Waals surface area contributed by atoms with E-state index < -0.39 is 6.10 Å². The average Bonchev–Trinajstić information content (AvgIpc) is 3.39. The zero-order chi connectivity index (χ0) is 52.9. The van der Waals surface area contributed by atoms with Crippen LogP contribution >= 0.6 is 0 Å². The molecule has 0 aliphatic heterocycles. The van der Waals surface area contributed by atoms with Crippen molar-refractivity contribution in [2.75, 3.05) is 13.2 Å². The molecule has 0 rings (SSSR count). The molecule has 0 N–H and O–H groups in total. The molecule has 0 aliphatic rings. The third kappa shape index (κ3) is 58.8. The monoisotopic (exact) mass is 1010 g/mol. The van der Waals surface area contributed by atoms with E-state index in [0.29, 0.717) is 19.3 Å². The molecule has 0 radical (unpaired) electrons. The van der Waals surface area contributed by atoms with Crippen LogP contribution in [0.1, 0.15) is 278 Å². The number of unbranched alkanes of at least 4 members (excludes halogenated alkanes) is 25. The van der Waals surface area contributed by atoms with Crippen LogP contribution in [-0.2, 0) is 28.6 Å². The lowest BCUT2D eigenvalue weighted by Crippen LogP contribution is -2.30. The van der Waals surface area contributed by atoms with E-state index in [0.717, 1.165) is 122 Å². The number of hydrogen-bond donors (Lipinski definition) is 0. The first-order valence-corrected chi connectivity index (χ1v) is 30.4. The molecule has 0 aromatic carbocycles. The van der Waals surface area contributed by atoms with E-state index in [1.807, 2.05) is 0 Å². The van der Waals surface area contributed by atoms with Gasteiger partial charge in [0, 0.05) is 19.3 Å². The minimum atomic E-state index is -0.777. The van der Waals surface area contributed by atoms with Gasteiger partial charge in [-0.3, -0.25) is 14.4 Å². The molecular weight excluding hydrogens is 901 g/mol. The summed E-state index contributed by atoms with van der Waals surface area (Å²) in [4.78, 5) is 37.9. The predicted molar refractivity (Wildman–Crippen MR) is 316 cm³/mol. The van der Waals surface area contributed by atoms with E-state index in [9.17, 15) is 14.4 Å². The molecule has 73 heavy (non-hydrogen) atoms. The van der Waals surface area contributed by atoms with Gasteiger partial charge in [0.15, 0.2) is 6.10 Å². The highest BCUT2D eigenvalue weighted by atomic mass is 16.6. The molecule has 6 heteroatoms. The standard InChI is InChI=1S/C67H112O6/c1-4-7-10-13-16-19-21-23-24-25-26-27-28-29-30-31-32-33-34-35-36-37-38-39-40-41-42-43-44-45-47-48-51-54-57-60-66(69)72-63-64(62-71-65(68)59-56-53-50-18-15-12-9-6-3)73-67(70)61-58-55-52-49-46-22-20-17-14-11-8-5-2/h7,10,16,19,23-24,26-27,29-30,32-33,35-36,38-39,41-42,64H,4-6,8-9,11-15,17-18,20-22,25,28,31,34,37,40,43-63H2,1-3H3/b10-7-,19-16-,24-23-,27-26-,30-29-,33-32-,36-35-,39-38-,42-41-. The Hall–Kier alpha value is -3.93. The highest BCUT2D eigenvalue weighted by Crippen LogP contribution is 2.15. The molecule has 1 atom stereocenters. The smallest absolute Gasteiger partial charge is 0.306 e. The number of carbonyl (C=O) groups is 3. The molecule has 0 bridgehead atoms. The van der Waals surface area contributed by atoms with Gasteiger partial charge < -0.3 is 14.2 Å². The van der Waals surface area contributed by atoms with Gasteiger partial charge >= 0.3 is 17.9 Å². The molecule has 0 spiro atoms. The Balaban J connectivity index is 4.12. The van der Waals surface area contributed by atoms with Crippen LogP contribution in [-0.4, -0.2) is 37.2 Å². The Morgan fingerprint density at radius 3 is 0.836 bits per heavy atom. The number of carbonyl (C=O) groups excluding carboxylic acids is 3. The largest absolute Gasteiger partial charge is 0.462 e. The lowest BCUT2D eigenvalue weighted by molar-refractivity contribution is -0.167. The normalized spacial score (nSPS) is 12.9. The van der Waals surface area contributed by atoms with Gasteiger partial charge in [0.2, 0.25) is 0 Å². The Morgan fingerprint density at radius 2 is 0.534 bits per heavy atom. The van der Waals surface area contributed by atoms with Crippen molar-refractivity contribution >= 4 is 17.9 Å².